The van der Waals surface area contributed by atoms with Crippen molar-refractivity contribution in [3.05, 3.63) is 29.6 Å². The van der Waals surface area contributed by atoms with E-state index >= 15 is 0 Å². The van der Waals surface area contributed by atoms with Gasteiger partial charge in [-0.05, 0) is 12.1 Å². The molecule has 0 bridgehead atoms. The third-order valence-corrected chi connectivity index (χ3v) is 3.96. The lowest BCUT2D eigenvalue weighted by molar-refractivity contribution is -0.147. The summed E-state index contributed by atoms with van der Waals surface area (Å²) < 4.78 is 68.8. The standard InChI is InChI=1S/C12H12F3N3O6S/c1-16-12(21)18-8(19)5-24-9(20)4-17-25(22,23)7-3-2-6(13)10(14)11(7)15/h2-3,17H,4-5H2,1H3,(H2,16,18,19,21). The van der Waals surface area contributed by atoms with Gasteiger partial charge in [-0.3, -0.25) is 14.9 Å². The zero-order valence-corrected chi connectivity index (χ0v) is 13.4. The average Bonchev–Trinajstić information content (AvgIpc) is 2.55. The number of imide groups is 1. The molecular weight excluding hydrogens is 371 g/mol. The first-order valence-corrected chi connectivity index (χ1v) is 7.87. The Hall–Kier alpha value is -2.67. The average molecular weight is 383 g/mol. The van der Waals surface area contributed by atoms with Gasteiger partial charge in [0.25, 0.3) is 5.91 Å². The molecule has 1 aromatic carbocycles. The SMILES string of the molecule is CNC(=O)NC(=O)COC(=O)CNS(=O)(=O)c1ccc(F)c(F)c1F. The quantitative estimate of drug-likeness (QED) is 0.443. The second kappa shape index (κ2) is 8.43. The van der Waals surface area contributed by atoms with Gasteiger partial charge >= 0.3 is 12.0 Å². The molecule has 0 radical (unpaired) electrons. The van der Waals surface area contributed by atoms with E-state index in [1.54, 1.807) is 10.0 Å². The van der Waals surface area contributed by atoms with E-state index in [9.17, 15) is 36.0 Å². The summed E-state index contributed by atoms with van der Waals surface area (Å²) in [5.74, 6) is -7.75. The molecular formula is C12H12F3N3O6S. The number of amides is 3. The van der Waals surface area contributed by atoms with E-state index in [0.717, 1.165) is 0 Å². The number of benzene rings is 1. The molecule has 1 rings (SSSR count). The molecule has 0 unspecified atom stereocenters. The number of sulfonamides is 1. The van der Waals surface area contributed by atoms with Crippen molar-refractivity contribution in [3.63, 3.8) is 0 Å². The molecule has 13 heteroatoms. The van der Waals surface area contributed by atoms with Crippen LogP contribution in [0.5, 0.6) is 0 Å². The minimum absolute atomic E-state index is 0.397. The lowest BCUT2D eigenvalue weighted by Crippen LogP contribution is -2.40. The molecule has 0 saturated heterocycles. The van der Waals surface area contributed by atoms with Crippen molar-refractivity contribution < 1.29 is 40.7 Å². The third kappa shape index (κ3) is 5.72. The van der Waals surface area contributed by atoms with Gasteiger partial charge in [0, 0.05) is 7.05 Å². The topological polar surface area (TPSA) is 131 Å². The smallest absolute Gasteiger partial charge is 0.321 e. The third-order valence-electron chi connectivity index (χ3n) is 2.54. The van der Waals surface area contributed by atoms with Crippen LogP contribution in [0.2, 0.25) is 0 Å². The van der Waals surface area contributed by atoms with E-state index in [-0.39, 0.29) is 0 Å². The van der Waals surface area contributed by atoms with Crippen molar-refractivity contribution in [2.24, 2.45) is 0 Å². The van der Waals surface area contributed by atoms with Crippen LogP contribution >= 0.6 is 0 Å². The molecule has 0 aliphatic carbocycles. The van der Waals surface area contributed by atoms with Gasteiger partial charge in [0.1, 0.15) is 11.4 Å². The van der Waals surface area contributed by atoms with E-state index < -0.39 is 63.4 Å². The van der Waals surface area contributed by atoms with E-state index in [1.165, 1.54) is 7.05 Å². The van der Waals surface area contributed by atoms with Gasteiger partial charge in [0.2, 0.25) is 10.0 Å². The van der Waals surface area contributed by atoms with Crippen LogP contribution in [-0.4, -0.2) is 46.5 Å². The number of esters is 1. The molecule has 0 spiro atoms. The fourth-order valence-corrected chi connectivity index (χ4v) is 2.41. The highest BCUT2D eigenvalue weighted by Crippen LogP contribution is 2.19. The maximum atomic E-state index is 13.5. The van der Waals surface area contributed by atoms with Gasteiger partial charge < -0.3 is 10.1 Å². The minimum atomic E-state index is -4.68. The predicted octanol–water partition coefficient (Wildman–Crippen LogP) is -0.619. The van der Waals surface area contributed by atoms with Crippen LogP contribution in [0.3, 0.4) is 0 Å². The first-order valence-electron chi connectivity index (χ1n) is 6.39. The Kier molecular flexibility index (Phi) is 6.87. The normalized spacial score (nSPS) is 10.9. The first kappa shape index (κ1) is 20.4. The Morgan fingerprint density at radius 2 is 1.76 bits per heavy atom. The number of nitrogens with one attached hydrogen (secondary N) is 3. The molecule has 3 N–H and O–H groups in total. The summed E-state index contributed by atoms with van der Waals surface area (Å²) >= 11 is 0. The molecule has 1 aromatic rings. The summed E-state index contributed by atoms with van der Waals surface area (Å²) in [6.45, 7) is -1.90. The molecule has 25 heavy (non-hydrogen) atoms. The summed E-state index contributed by atoms with van der Waals surface area (Å²) in [5, 5.41) is 3.84. The number of ether oxygens (including phenoxy) is 1. The maximum absolute atomic E-state index is 13.5. The molecule has 138 valence electrons. The van der Waals surface area contributed by atoms with Gasteiger partial charge in [-0.15, -0.1) is 0 Å². The van der Waals surface area contributed by atoms with E-state index in [4.69, 9.17) is 0 Å². The number of hydrogen-bond acceptors (Lipinski definition) is 6. The lowest BCUT2D eigenvalue weighted by atomic mass is 10.3. The van der Waals surface area contributed by atoms with E-state index in [2.05, 4.69) is 10.1 Å². The van der Waals surface area contributed by atoms with E-state index in [1.807, 2.05) is 0 Å². The fourth-order valence-electron chi connectivity index (χ4n) is 1.37. The highest BCUT2D eigenvalue weighted by molar-refractivity contribution is 7.89. The zero-order valence-electron chi connectivity index (χ0n) is 12.6. The molecule has 0 heterocycles. The number of hydrogen-bond donors (Lipinski definition) is 3. The first-order chi connectivity index (χ1) is 11.6. The minimum Gasteiger partial charge on any atom is -0.455 e. The van der Waals surface area contributed by atoms with Gasteiger partial charge in [0.05, 0.1) is 0 Å². The van der Waals surface area contributed by atoms with Gasteiger partial charge in [-0.2, -0.15) is 4.72 Å². The summed E-state index contributed by atoms with van der Waals surface area (Å²) in [6.07, 6.45) is 0. The second-order valence-electron chi connectivity index (χ2n) is 4.29. The predicted molar refractivity (Wildman–Crippen MR) is 75.1 cm³/mol. The van der Waals surface area contributed by atoms with Gasteiger partial charge in [-0.1, -0.05) is 0 Å². The molecule has 0 atom stereocenters. The van der Waals surface area contributed by atoms with Crippen molar-refractivity contribution in [1.29, 1.82) is 0 Å². The number of carbonyl (C=O) groups is 3. The second-order valence-corrected chi connectivity index (χ2v) is 6.02. The number of carbonyl (C=O) groups excluding carboxylic acids is 3. The lowest BCUT2D eigenvalue weighted by Gasteiger charge is -2.08. The van der Waals surface area contributed by atoms with Crippen molar-refractivity contribution in [2.75, 3.05) is 20.2 Å². The van der Waals surface area contributed by atoms with Crippen molar-refractivity contribution >= 4 is 27.9 Å². The van der Waals surface area contributed by atoms with E-state index in [0.29, 0.717) is 12.1 Å². The van der Waals surface area contributed by atoms with Crippen LogP contribution in [0.1, 0.15) is 0 Å². The van der Waals surface area contributed by atoms with Crippen LogP contribution in [0.4, 0.5) is 18.0 Å². The van der Waals surface area contributed by atoms with Crippen LogP contribution in [0.15, 0.2) is 17.0 Å². The molecule has 9 nitrogen and oxygen atoms in total. The Labute approximate surface area is 139 Å². The molecule has 0 aromatic heterocycles. The number of rotatable bonds is 6. The Morgan fingerprint density at radius 1 is 1.12 bits per heavy atom. The summed E-state index contributed by atoms with van der Waals surface area (Å²) in [5.41, 5.74) is 0. The molecule has 3 amide bonds. The highest BCUT2D eigenvalue weighted by Gasteiger charge is 2.24. The number of halogens is 3. The summed E-state index contributed by atoms with van der Waals surface area (Å²) in [4.78, 5) is 32.1. The van der Waals surface area contributed by atoms with Crippen LogP contribution in [0.25, 0.3) is 0 Å². The van der Waals surface area contributed by atoms with Crippen LogP contribution in [-0.2, 0) is 24.3 Å². The summed E-state index contributed by atoms with van der Waals surface area (Å²) in [7, 11) is -3.45. The van der Waals surface area contributed by atoms with Gasteiger partial charge in [0.15, 0.2) is 24.1 Å². The largest absolute Gasteiger partial charge is 0.455 e. The zero-order chi connectivity index (χ0) is 19.2. The monoisotopic (exact) mass is 383 g/mol. The molecule has 0 aliphatic rings. The van der Waals surface area contributed by atoms with Crippen LogP contribution in [0, 0.1) is 17.5 Å². The Morgan fingerprint density at radius 3 is 2.36 bits per heavy atom. The molecule has 0 saturated carbocycles. The van der Waals surface area contributed by atoms with Crippen molar-refractivity contribution in [1.82, 2.24) is 15.4 Å². The Bertz CT molecular complexity index is 800. The fraction of sp³-hybridized carbons (Fsp3) is 0.250. The Balaban J connectivity index is 2.62. The van der Waals surface area contributed by atoms with Crippen molar-refractivity contribution in [2.45, 2.75) is 4.90 Å². The molecule has 0 aliphatic heterocycles. The van der Waals surface area contributed by atoms with Crippen LogP contribution < -0.4 is 15.4 Å². The van der Waals surface area contributed by atoms with Gasteiger partial charge in [-0.25, -0.2) is 26.4 Å². The maximum Gasteiger partial charge on any atom is 0.321 e. The number of urea groups is 1. The summed E-state index contributed by atoms with van der Waals surface area (Å²) in [6, 6.07) is 0.0164. The highest BCUT2D eigenvalue weighted by atomic mass is 32.2. The molecule has 0 fully saturated rings. The van der Waals surface area contributed by atoms with Crippen molar-refractivity contribution in [3.8, 4) is 0 Å².